The van der Waals surface area contributed by atoms with Crippen molar-refractivity contribution in [3.05, 3.63) is 35.8 Å². The van der Waals surface area contributed by atoms with Gasteiger partial charge in [0.05, 0.1) is 6.85 Å². The Morgan fingerprint density at radius 2 is 2.00 bits per heavy atom. The summed E-state index contributed by atoms with van der Waals surface area (Å²) in [5.41, 5.74) is 5.16. The molecule has 0 aliphatic heterocycles. The Hall–Kier alpha value is -0.890. The van der Waals surface area contributed by atoms with Crippen molar-refractivity contribution in [1.82, 2.24) is 0 Å². The van der Waals surface area contributed by atoms with Gasteiger partial charge in [-0.2, -0.15) is 0 Å². The molecule has 0 spiro atoms. The van der Waals surface area contributed by atoms with Crippen LogP contribution >= 0.6 is 12.2 Å². The Bertz CT molecular complexity index is 388. The van der Waals surface area contributed by atoms with Gasteiger partial charge in [0, 0.05) is 5.56 Å². The van der Waals surface area contributed by atoms with Crippen LogP contribution < -0.4 is 5.73 Å². The Balaban J connectivity index is 3.68. The van der Waals surface area contributed by atoms with Gasteiger partial charge in [0.15, 0.2) is 0 Å². The molecule has 2 heteroatoms. The summed E-state index contributed by atoms with van der Waals surface area (Å²) in [6, 6.07) is -2.00. The minimum atomic E-state index is -0.444. The van der Waals surface area contributed by atoms with E-state index in [0.717, 1.165) is 0 Å². The number of nitrogens with two attached hydrogens (primary N) is 1. The number of hydrogen-bond acceptors (Lipinski definition) is 1. The van der Waals surface area contributed by atoms with Crippen LogP contribution in [-0.2, 0) is 0 Å². The molecule has 0 radical (unpaired) electrons. The highest BCUT2D eigenvalue weighted by Gasteiger charge is 1.89. The summed E-state index contributed by atoms with van der Waals surface area (Å²) in [4.78, 5) is -0.193. The van der Waals surface area contributed by atoms with Gasteiger partial charge in [-0.1, -0.05) is 42.4 Å². The van der Waals surface area contributed by atoms with E-state index in [-0.39, 0.29) is 22.6 Å². The second-order valence-electron chi connectivity index (χ2n) is 1.36. The standard InChI is InChI=1S/C7H7NS/c8-7(9)6-4-2-1-3-5-6/h1-5H,(H2,8,9)/i1D,2D,3D,4D,5D. The highest BCUT2D eigenvalue weighted by Crippen LogP contribution is 1.96. The van der Waals surface area contributed by atoms with Gasteiger partial charge in [0.1, 0.15) is 4.99 Å². The van der Waals surface area contributed by atoms with Crippen molar-refractivity contribution in [2.75, 3.05) is 0 Å². The van der Waals surface area contributed by atoms with E-state index in [9.17, 15) is 0 Å². The first kappa shape index (κ1) is 2.39. The van der Waals surface area contributed by atoms with Gasteiger partial charge < -0.3 is 5.73 Å². The molecule has 0 unspecified atom stereocenters. The second kappa shape index (κ2) is 2.60. The van der Waals surface area contributed by atoms with Crippen LogP contribution in [0.15, 0.2) is 30.2 Å². The Labute approximate surface area is 66.5 Å². The zero-order valence-corrected chi connectivity index (χ0v) is 5.30. The lowest BCUT2D eigenvalue weighted by Crippen LogP contribution is -2.08. The lowest BCUT2D eigenvalue weighted by molar-refractivity contribution is 1.63. The van der Waals surface area contributed by atoms with Crippen molar-refractivity contribution in [3.63, 3.8) is 0 Å². The van der Waals surface area contributed by atoms with E-state index >= 15 is 0 Å². The van der Waals surface area contributed by atoms with E-state index in [0.29, 0.717) is 0 Å². The summed E-state index contributed by atoms with van der Waals surface area (Å²) < 4.78 is 36.8. The molecule has 1 aromatic rings. The molecule has 9 heavy (non-hydrogen) atoms. The first-order chi connectivity index (χ1) is 6.37. The van der Waals surface area contributed by atoms with Crippen molar-refractivity contribution < 1.29 is 6.85 Å². The molecule has 46 valence electrons. The molecule has 0 aliphatic rings. The maximum Gasteiger partial charge on any atom is 0.103 e. The van der Waals surface area contributed by atoms with Crippen LogP contribution in [0, 0.1) is 0 Å². The molecular weight excluding hydrogens is 130 g/mol. The van der Waals surface area contributed by atoms with E-state index in [2.05, 4.69) is 12.2 Å². The summed E-state index contributed by atoms with van der Waals surface area (Å²) in [7, 11) is 0. The molecule has 0 saturated carbocycles. The molecule has 0 bridgehead atoms. The van der Waals surface area contributed by atoms with Crippen molar-refractivity contribution >= 4 is 17.2 Å². The molecule has 1 nitrogen and oxygen atoms in total. The fourth-order valence-electron chi connectivity index (χ4n) is 0.373. The third-order valence-corrected chi connectivity index (χ3v) is 0.951. The summed E-state index contributed by atoms with van der Waals surface area (Å²) in [6.45, 7) is 0. The fraction of sp³-hybridized carbons (Fsp3) is 0. The summed E-state index contributed by atoms with van der Waals surface area (Å²) in [5.74, 6) is 0. The molecule has 0 saturated heterocycles. The topological polar surface area (TPSA) is 26.0 Å². The zero-order valence-electron chi connectivity index (χ0n) is 9.49. The Morgan fingerprint density at radius 3 is 2.44 bits per heavy atom. The van der Waals surface area contributed by atoms with Gasteiger partial charge in [0.2, 0.25) is 0 Å². The quantitative estimate of drug-likeness (QED) is 0.598. The number of thiocarbonyl (C=S) groups is 1. The third-order valence-electron chi connectivity index (χ3n) is 0.746. The number of rotatable bonds is 1. The summed E-state index contributed by atoms with van der Waals surface area (Å²) in [6.07, 6.45) is 0. The largest absolute Gasteiger partial charge is 0.389 e. The maximum absolute atomic E-state index is 7.43. The minimum absolute atomic E-state index is 0.106. The average Bonchev–Trinajstić information content (AvgIpc) is 2.11. The van der Waals surface area contributed by atoms with Gasteiger partial charge in [-0.05, 0) is 0 Å². The monoisotopic (exact) mass is 142 g/mol. The molecule has 0 fully saturated rings. The summed E-state index contributed by atoms with van der Waals surface area (Å²) >= 11 is 4.61. The van der Waals surface area contributed by atoms with Crippen LogP contribution in [0.4, 0.5) is 0 Å². The van der Waals surface area contributed by atoms with Crippen molar-refractivity contribution in [2.45, 2.75) is 0 Å². The van der Waals surface area contributed by atoms with Crippen molar-refractivity contribution in [3.8, 4) is 0 Å². The van der Waals surface area contributed by atoms with Gasteiger partial charge >= 0.3 is 0 Å². The van der Waals surface area contributed by atoms with Crippen molar-refractivity contribution in [1.29, 1.82) is 0 Å². The van der Waals surface area contributed by atoms with Gasteiger partial charge in [-0.25, -0.2) is 0 Å². The third kappa shape index (κ3) is 1.50. The molecule has 0 atom stereocenters. The van der Waals surface area contributed by atoms with Crippen LogP contribution in [0.5, 0.6) is 0 Å². The van der Waals surface area contributed by atoms with E-state index in [1.165, 1.54) is 0 Å². The second-order valence-corrected chi connectivity index (χ2v) is 1.80. The average molecular weight is 142 g/mol. The predicted molar refractivity (Wildman–Crippen MR) is 42.3 cm³/mol. The predicted octanol–water partition coefficient (Wildman–Crippen LogP) is 1.32. The number of benzene rings is 1. The lowest BCUT2D eigenvalue weighted by atomic mass is 10.2. The fourth-order valence-corrected chi connectivity index (χ4v) is 0.475. The Kier molecular flexibility index (Phi) is 0.688. The molecule has 0 aromatic heterocycles. The maximum atomic E-state index is 7.43. The van der Waals surface area contributed by atoms with Crippen LogP contribution in [-0.4, -0.2) is 4.99 Å². The van der Waals surface area contributed by atoms with Crippen LogP contribution in [0.2, 0.25) is 0 Å². The van der Waals surface area contributed by atoms with Gasteiger partial charge in [-0.15, -0.1) is 0 Å². The van der Waals surface area contributed by atoms with E-state index in [1.54, 1.807) is 0 Å². The van der Waals surface area contributed by atoms with Crippen molar-refractivity contribution in [2.24, 2.45) is 5.73 Å². The highest BCUT2D eigenvalue weighted by atomic mass is 32.1. The zero-order chi connectivity index (χ0) is 11.0. The first-order valence-corrected chi connectivity index (χ1v) is 2.65. The lowest BCUT2D eigenvalue weighted by Gasteiger charge is -1.92. The van der Waals surface area contributed by atoms with Gasteiger partial charge in [0.25, 0.3) is 0 Å². The molecule has 1 aromatic carbocycles. The highest BCUT2D eigenvalue weighted by molar-refractivity contribution is 7.80. The van der Waals surface area contributed by atoms with Gasteiger partial charge in [-0.3, -0.25) is 0 Å². The molecule has 2 N–H and O–H groups in total. The molecule has 0 heterocycles. The minimum Gasteiger partial charge on any atom is -0.389 e. The molecule has 0 aliphatic carbocycles. The summed E-state index contributed by atoms with van der Waals surface area (Å²) in [5, 5.41) is 0. The van der Waals surface area contributed by atoms with E-state index in [4.69, 9.17) is 12.6 Å². The Morgan fingerprint density at radius 1 is 1.44 bits per heavy atom. The van der Waals surface area contributed by atoms with E-state index < -0.39 is 18.1 Å². The number of hydrogen-bond donors (Lipinski definition) is 1. The molecule has 1 rings (SSSR count). The normalized spacial score (nSPS) is 16.7. The first-order valence-electron chi connectivity index (χ1n) is 4.74. The molecular formula is C7H7NS. The van der Waals surface area contributed by atoms with Crippen LogP contribution in [0.1, 0.15) is 12.4 Å². The SMILES string of the molecule is [2H]c1c([2H])c([2H])c(C(N)=S)c([2H])c1[2H]. The molecule has 0 amide bonds. The smallest absolute Gasteiger partial charge is 0.103 e. The van der Waals surface area contributed by atoms with E-state index in [1.807, 2.05) is 0 Å². The van der Waals surface area contributed by atoms with Crippen LogP contribution in [0.3, 0.4) is 0 Å². The van der Waals surface area contributed by atoms with Crippen LogP contribution in [0.25, 0.3) is 0 Å².